The molecule has 0 saturated carbocycles. The van der Waals surface area contributed by atoms with Crippen molar-refractivity contribution in [1.29, 1.82) is 0 Å². The number of hydrogen-bond donors (Lipinski definition) is 2. The maximum Gasteiger partial charge on any atom is 0.305 e. The van der Waals surface area contributed by atoms with Gasteiger partial charge >= 0.3 is 5.97 Å². The normalized spacial score (nSPS) is 10.8. The third-order valence-electron chi connectivity index (χ3n) is 4.80. The molecule has 0 radical (unpaired) electrons. The number of rotatable bonds is 9. The van der Waals surface area contributed by atoms with E-state index in [1.54, 1.807) is 7.11 Å². The molecule has 2 heterocycles. The lowest BCUT2D eigenvalue weighted by atomic mass is 10.1. The van der Waals surface area contributed by atoms with Crippen molar-refractivity contribution in [3.63, 3.8) is 0 Å². The van der Waals surface area contributed by atoms with Crippen molar-refractivity contribution in [2.75, 3.05) is 25.3 Å². The predicted molar refractivity (Wildman–Crippen MR) is 130 cm³/mol. The van der Waals surface area contributed by atoms with Crippen molar-refractivity contribution in [1.82, 2.24) is 15.0 Å². The highest BCUT2D eigenvalue weighted by atomic mass is 32.2. The topological polar surface area (TPSA) is 106 Å². The third-order valence-corrected chi connectivity index (χ3v) is 6.70. The second-order valence-electron chi connectivity index (χ2n) is 6.99. The number of hydrogen-bond acceptors (Lipinski definition) is 8. The molecule has 4 aromatic rings. The Morgan fingerprint density at radius 3 is 2.61 bits per heavy atom. The maximum atomic E-state index is 12.6. The zero-order valence-corrected chi connectivity index (χ0v) is 19.7. The van der Waals surface area contributed by atoms with Gasteiger partial charge in [0.2, 0.25) is 5.91 Å². The van der Waals surface area contributed by atoms with Crippen LogP contribution < -0.4 is 10.1 Å². The molecular weight excluding hydrogens is 460 g/mol. The van der Waals surface area contributed by atoms with Gasteiger partial charge in [-0.15, -0.1) is 11.3 Å². The van der Waals surface area contributed by atoms with E-state index >= 15 is 0 Å². The summed E-state index contributed by atoms with van der Waals surface area (Å²) in [6.07, 6.45) is 0.701. The molecule has 0 bridgehead atoms. The molecule has 0 fully saturated rings. The van der Waals surface area contributed by atoms with Crippen LogP contribution in [-0.2, 0) is 20.7 Å². The summed E-state index contributed by atoms with van der Waals surface area (Å²) in [5, 5.41) is 4.03. The summed E-state index contributed by atoms with van der Waals surface area (Å²) in [6.45, 7) is 0. The number of thiazole rings is 1. The molecule has 2 N–H and O–H groups in total. The fourth-order valence-corrected chi connectivity index (χ4v) is 4.84. The maximum absolute atomic E-state index is 12.6. The van der Waals surface area contributed by atoms with Crippen LogP contribution in [0.25, 0.3) is 22.3 Å². The molecular formula is C23H22N4O4S2. The molecule has 1 amide bonds. The van der Waals surface area contributed by atoms with Gasteiger partial charge < -0.3 is 19.8 Å². The monoisotopic (exact) mass is 482 g/mol. The standard InChI is InChI=1S/C23H22N4O4S2/c1-30-15-9-7-14(8-10-15)21-18(11-12-20(29)31-2)33-23(27-21)26-19(28)13-32-22-24-16-5-3-4-6-17(16)25-22/h3-10H,11-13H2,1-2H3,(H,24,25)(H,26,27,28). The first-order chi connectivity index (χ1) is 16.1. The molecule has 4 rings (SSSR count). The van der Waals surface area contributed by atoms with Crippen LogP contribution in [0.5, 0.6) is 5.75 Å². The van der Waals surface area contributed by atoms with E-state index in [0.717, 1.165) is 32.9 Å². The number of anilines is 1. The number of nitrogens with zero attached hydrogens (tertiary/aromatic N) is 2. The summed E-state index contributed by atoms with van der Waals surface area (Å²) >= 11 is 2.68. The van der Waals surface area contributed by atoms with E-state index in [1.165, 1.54) is 30.2 Å². The molecule has 2 aromatic heterocycles. The summed E-state index contributed by atoms with van der Waals surface area (Å²) in [4.78, 5) is 37.4. The molecule has 170 valence electrons. The number of methoxy groups -OCH3 is 2. The SMILES string of the molecule is COC(=O)CCc1sc(NC(=O)CSc2nc3ccccc3[nH]2)nc1-c1ccc(OC)cc1. The van der Waals surface area contributed by atoms with Gasteiger partial charge in [0.25, 0.3) is 0 Å². The highest BCUT2D eigenvalue weighted by Gasteiger charge is 2.17. The second-order valence-corrected chi connectivity index (χ2v) is 9.04. The van der Waals surface area contributed by atoms with Crippen molar-refractivity contribution >= 4 is 51.1 Å². The van der Waals surface area contributed by atoms with Gasteiger partial charge in [-0.25, -0.2) is 9.97 Å². The van der Waals surface area contributed by atoms with Crippen LogP contribution in [0.1, 0.15) is 11.3 Å². The molecule has 0 unspecified atom stereocenters. The Kier molecular flexibility index (Phi) is 7.26. The van der Waals surface area contributed by atoms with Gasteiger partial charge in [-0.2, -0.15) is 0 Å². The van der Waals surface area contributed by atoms with Crippen LogP contribution in [0, 0.1) is 0 Å². The van der Waals surface area contributed by atoms with Gasteiger partial charge in [-0.05, 0) is 42.8 Å². The Labute approximate surface area is 198 Å². The molecule has 2 aromatic carbocycles. The lowest BCUT2D eigenvalue weighted by Crippen LogP contribution is -2.13. The molecule has 0 spiro atoms. The van der Waals surface area contributed by atoms with Crippen LogP contribution >= 0.6 is 23.1 Å². The first-order valence-corrected chi connectivity index (χ1v) is 11.9. The lowest BCUT2D eigenvalue weighted by Gasteiger charge is -2.04. The van der Waals surface area contributed by atoms with E-state index in [4.69, 9.17) is 9.47 Å². The summed E-state index contributed by atoms with van der Waals surface area (Å²) in [5.41, 5.74) is 3.40. The predicted octanol–water partition coefficient (Wildman–Crippen LogP) is 4.53. The number of carbonyl (C=O) groups is 2. The van der Waals surface area contributed by atoms with Gasteiger partial charge in [0.1, 0.15) is 5.75 Å². The minimum atomic E-state index is -0.295. The van der Waals surface area contributed by atoms with Crippen LogP contribution in [0.2, 0.25) is 0 Å². The molecule has 0 saturated heterocycles. The highest BCUT2D eigenvalue weighted by Crippen LogP contribution is 2.33. The van der Waals surface area contributed by atoms with E-state index < -0.39 is 0 Å². The minimum Gasteiger partial charge on any atom is -0.497 e. The highest BCUT2D eigenvalue weighted by molar-refractivity contribution is 7.99. The number of fused-ring (bicyclic) bond motifs is 1. The van der Waals surface area contributed by atoms with Crippen LogP contribution in [0.15, 0.2) is 53.7 Å². The number of H-pyrrole nitrogens is 1. The van der Waals surface area contributed by atoms with Gasteiger partial charge in [-0.1, -0.05) is 23.9 Å². The zero-order valence-electron chi connectivity index (χ0n) is 18.1. The van der Waals surface area contributed by atoms with E-state index in [1.807, 2.05) is 48.5 Å². The molecule has 0 aliphatic carbocycles. The Bertz CT molecular complexity index is 1230. The van der Waals surface area contributed by atoms with E-state index in [2.05, 4.69) is 20.3 Å². The smallest absolute Gasteiger partial charge is 0.305 e. The number of carbonyl (C=O) groups excluding carboxylic acids is 2. The van der Waals surface area contributed by atoms with Crippen molar-refractivity contribution in [3.8, 4) is 17.0 Å². The van der Waals surface area contributed by atoms with E-state index in [0.29, 0.717) is 16.7 Å². The molecule has 33 heavy (non-hydrogen) atoms. The zero-order chi connectivity index (χ0) is 23.2. The number of aryl methyl sites for hydroxylation is 1. The first kappa shape index (κ1) is 22.8. The number of amides is 1. The van der Waals surface area contributed by atoms with Crippen molar-refractivity contribution in [2.24, 2.45) is 0 Å². The number of benzene rings is 2. The van der Waals surface area contributed by atoms with E-state index in [9.17, 15) is 9.59 Å². The summed E-state index contributed by atoms with van der Waals surface area (Å²) in [7, 11) is 2.97. The number of para-hydroxylation sites is 2. The van der Waals surface area contributed by atoms with Gasteiger partial charge in [0, 0.05) is 10.4 Å². The molecule has 10 heteroatoms. The van der Waals surface area contributed by atoms with Crippen molar-refractivity contribution < 1.29 is 19.1 Å². The molecule has 0 atom stereocenters. The Balaban J connectivity index is 1.46. The van der Waals surface area contributed by atoms with Gasteiger partial charge in [-0.3, -0.25) is 9.59 Å². The number of aromatic nitrogens is 3. The summed E-state index contributed by atoms with van der Waals surface area (Å²) in [5.74, 6) is 0.447. The van der Waals surface area contributed by atoms with Crippen LogP contribution in [-0.4, -0.2) is 46.8 Å². The summed E-state index contributed by atoms with van der Waals surface area (Å²) in [6, 6.07) is 15.2. The Morgan fingerprint density at radius 2 is 1.88 bits per heavy atom. The minimum absolute atomic E-state index is 0.185. The average Bonchev–Trinajstić information content (AvgIpc) is 3.44. The fraction of sp³-hybridized carbons (Fsp3) is 0.217. The molecule has 8 nitrogen and oxygen atoms in total. The summed E-state index contributed by atoms with van der Waals surface area (Å²) < 4.78 is 9.99. The number of imidazole rings is 1. The molecule has 0 aliphatic heterocycles. The number of thioether (sulfide) groups is 1. The van der Waals surface area contributed by atoms with Gasteiger partial charge in [0.05, 0.1) is 43.1 Å². The van der Waals surface area contributed by atoms with Crippen LogP contribution in [0.3, 0.4) is 0 Å². The van der Waals surface area contributed by atoms with E-state index in [-0.39, 0.29) is 24.1 Å². The number of ether oxygens (including phenoxy) is 2. The number of esters is 1. The largest absolute Gasteiger partial charge is 0.497 e. The van der Waals surface area contributed by atoms with Gasteiger partial charge in [0.15, 0.2) is 10.3 Å². The molecule has 0 aliphatic rings. The quantitative estimate of drug-likeness (QED) is 0.267. The first-order valence-electron chi connectivity index (χ1n) is 10.1. The van der Waals surface area contributed by atoms with Crippen molar-refractivity contribution in [3.05, 3.63) is 53.4 Å². The lowest BCUT2D eigenvalue weighted by molar-refractivity contribution is -0.140. The Morgan fingerprint density at radius 1 is 1.09 bits per heavy atom. The second kappa shape index (κ2) is 10.5. The van der Waals surface area contributed by atoms with Crippen LogP contribution in [0.4, 0.5) is 5.13 Å². The number of aromatic amines is 1. The fourth-order valence-electron chi connectivity index (χ4n) is 3.15. The number of nitrogens with one attached hydrogen (secondary N) is 2. The Hall–Kier alpha value is -3.37. The van der Waals surface area contributed by atoms with Crippen molar-refractivity contribution in [2.45, 2.75) is 18.0 Å². The third kappa shape index (κ3) is 5.71. The average molecular weight is 483 g/mol.